The normalized spacial score (nSPS) is 22.2. The van der Waals surface area contributed by atoms with E-state index >= 15 is 0 Å². The maximum Gasteiger partial charge on any atom is 0.207 e. The highest BCUT2D eigenvalue weighted by Gasteiger charge is 2.27. The molecule has 1 saturated carbocycles. The summed E-state index contributed by atoms with van der Waals surface area (Å²) in [5, 5.41) is 3.49. The molecule has 1 aromatic carbocycles. The molecule has 1 heterocycles. The monoisotopic (exact) mass is 283 g/mol. The van der Waals surface area contributed by atoms with E-state index in [1.807, 2.05) is 6.07 Å². The fourth-order valence-corrected chi connectivity index (χ4v) is 3.54. The molecule has 21 heavy (non-hydrogen) atoms. The van der Waals surface area contributed by atoms with Gasteiger partial charge < -0.3 is 9.88 Å². The van der Waals surface area contributed by atoms with E-state index in [0.717, 1.165) is 23.2 Å². The van der Waals surface area contributed by atoms with Crippen molar-refractivity contribution >= 4 is 11.6 Å². The lowest BCUT2D eigenvalue weighted by atomic mass is 9.83. The molecule has 1 fully saturated rings. The third-order valence-corrected chi connectivity index (χ3v) is 4.63. The van der Waals surface area contributed by atoms with Gasteiger partial charge in [-0.05, 0) is 37.8 Å². The molecule has 112 valence electrons. The van der Waals surface area contributed by atoms with Gasteiger partial charge in [-0.15, -0.1) is 0 Å². The maximum atomic E-state index is 4.70. The van der Waals surface area contributed by atoms with E-state index in [-0.39, 0.29) is 0 Å². The highest BCUT2D eigenvalue weighted by Crippen LogP contribution is 2.38. The molecule has 0 saturated heterocycles. The van der Waals surface area contributed by atoms with Crippen LogP contribution >= 0.6 is 0 Å². The molecule has 0 spiro atoms. The lowest BCUT2D eigenvalue weighted by Gasteiger charge is -2.32. The van der Waals surface area contributed by atoms with E-state index in [1.165, 1.54) is 32.1 Å². The number of nitrogens with one attached hydrogen (secondary N) is 1. The van der Waals surface area contributed by atoms with Gasteiger partial charge in [-0.2, -0.15) is 0 Å². The molecule has 0 amide bonds. The lowest BCUT2D eigenvalue weighted by molar-refractivity contribution is 0.234. The average Bonchev–Trinajstić information content (AvgIpc) is 2.88. The number of hydrogen-bond donors (Lipinski definition) is 1. The van der Waals surface area contributed by atoms with Gasteiger partial charge in [-0.25, -0.2) is 4.98 Å². The predicted octanol–water partition coefficient (Wildman–Crippen LogP) is 5.08. The van der Waals surface area contributed by atoms with Gasteiger partial charge in [0.25, 0.3) is 0 Å². The molecule has 1 aliphatic rings. The molecule has 2 aromatic rings. The van der Waals surface area contributed by atoms with Crippen molar-refractivity contribution in [2.45, 2.75) is 52.0 Å². The van der Waals surface area contributed by atoms with Crippen molar-refractivity contribution < 1.29 is 0 Å². The highest BCUT2D eigenvalue weighted by atomic mass is 15.2. The fraction of sp³-hybridized carbons (Fsp3) is 0.500. The zero-order valence-electron chi connectivity index (χ0n) is 13.0. The van der Waals surface area contributed by atoms with Gasteiger partial charge in [0.05, 0.1) is 5.69 Å². The first-order valence-electron chi connectivity index (χ1n) is 8.15. The summed E-state index contributed by atoms with van der Waals surface area (Å²) in [5.74, 6) is 1.77. The molecule has 1 aromatic heterocycles. The second kappa shape index (κ2) is 6.33. The number of imidazole rings is 1. The smallest absolute Gasteiger partial charge is 0.207 e. The molecule has 3 nitrogen and oxygen atoms in total. The van der Waals surface area contributed by atoms with E-state index in [0.29, 0.717) is 6.04 Å². The van der Waals surface area contributed by atoms with E-state index in [2.05, 4.69) is 54.2 Å². The largest absolute Gasteiger partial charge is 0.326 e. The van der Waals surface area contributed by atoms with Crippen LogP contribution in [0, 0.1) is 12.8 Å². The van der Waals surface area contributed by atoms with Crippen molar-refractivity contribution in [3.05, 3.63) is 42.2 Å². The minimum atomic E-state index is 0.594. The van der Waals surface area contributed by atoms with Gasteiger partial charge in [0.2, 0.25) is 5.95 Å². The van der Waals surface area contributed by atoms with Crippen LogP contribution in [0.5, 0.6) is 0 Å². The van der Waals surface area contributed by atoms with Crippen molar-refractivity contribution in [1.82, 2.24) is 9.55 Å². The minimum absolute atomic E-state index is 0.594. The van der Waals surface area contributed by atoms with Gasteiger partial charge in [0, 0.05) is 17.9 Å². The van der Waals surface area contributed by atoms with Crippen molar-refractivity contribution in [1.29, 1.82) is 0 Å². The zero-order valence-corrected chi connectivity index (χ0v) is 13.0. The first-order valence-corrected chi connectivity index (χ1v) is 8.15. The Kier molecular flexibility index (Phi) is 4.28. The summed E-state index contributed by atoms with van der Waals surface area (Å²) in [4.78, 5) is 4.70. The SMILES string of the molecule is CCC1CCCCC1n1cc(C)nc1Nc1ccccc1. The van der Waals surface area contributed by atoms with Crippen LogP contribution < -0.4 is 5.32 Å². The van der Waals surface area contributed by atoms with Gasteiger partial charge in [-0.1, -0.05) is 44.4 Å². The third-order valence-electron chi connectivity index (χ3n) is 4.63. The number of benzene rings is 1. The maximum absolute atomic E-state index is 4.70. The molecule has 2 unspecified atom stereocenters. The molecular weight excluding hydrogens is 258 g/mol. The number of aryl methyl sites for hydroxylation is 1. The van der Waals surface area contributed by atoms with Crippen molar-refractivity contribution in [2.24, 2.45) is 5.92 Å². The predicted molar refractivity (Wildman–Crippen MR) is 88.0 cm³/mol. The summed E-state index contributed by atoms with van der Waals surface area (Å²) in [7, 11) is 0. The van der Waals surface area contributed by atoms with E-state index in [4.69, 9.17) is 4.98 Å². The van der Waals surface area contributed by atoms with Crippen molar-refractivity contribution in [3.63, 3.8) is 0 Å². The number of aromatic nitrogens is 2. The van der Waals surface area contributed by atoms with Gasteiger partial charge in [0.1, 0.15) is 0 Å². The first-order chi connectivity index (χ1) is 10.3. The Hall–Kier alpha value is -1.77. The molecule has 0 bridgehead atoms. The van der Waals surface area contributed by atoms with E-state index in [1.54, 1.807) is 0 Å². The summed E-state index contributed by atoms with van der Waals surface area (Å²) >= 11 is 0. The summed E-state index contributed by atoms with van der Waals surface area (Å²) < 4.78 is 2.38. The van der Waals surface area contributed by atoms with Crippen LogP contribution in [0.1, 0.15) is 50.8 Å². The Morgan fingerprint density at radius 1 is 1.19 bits per heavy atom. The van der Waals surface area contributed by atoms with Gasteiger partial charge >= 0.3 is 0 Å². The number of hydrogen-bond acceptors (Lipinski definition) is 2. The summed E-state index contributed by atoms with van der Waals surface area (Å²) in [5.41, 5.74) is 2.20. The Morgan fingerprint density at radius 2 is 1.95 bits per heavy atom. The molecule has 1 aliphatic carbocycles. The van der Waals surface area contributed by atoms with Crippen LogP contribution in [-0.4, -0.2) is 9.55 Å². The Balaban J connectivity index is 1.88. The first kappa shape index (κ1) is 14.2. The Bertz CT molecular complexity index is 573. The van der Waals surface area contributed by atoms with Crippen LogP contribution in [0.15, 0.2) is 36.5 Å². The van der Waals surface area contributed by atoms with Crippen molar-refractivity contribution in [2.75, 3.05) is 5.32 Å². The van der Waals surface area contributed by atoms with Crippen LogP contribution in [0.25, 0.3) is 0 Å². The number of rotatable bonds is 4. The average molecular weight is 283 g/mol. The molecular formula is C18H25N3. The standard InChI is InChI=1S/C18H25N3/c1-3-15-9-7-8-12-17(15)21-13-14(2)19-18(21)20-16-10-5-4-6-11-16/h4-6,10-11,13,15,17H,3,7-9,12H2,1-2H3,(H,19,20). The summed E-state index contributed by atoms with van der Waals surface area (Å²) in [6.07, 6.45) is 8.81. The topological polar surface area (TPSA) is 29.9 Å². The molecule has 3 rings (SSSR count). The van der Waals surface area contributed by atoms with Crippen LogP contribution in [-0.2, 0) is 0 Å². The Morgan fingerprint density at radius 3 is 2.71 bits per heavy atom. The van der Waals surface area contributed by atoms with Crippen molar-refractivity contribution in [3.8, 4) is 0 Å². The quantitative estimate of drug-likeness (QED) is 0.848. The molecule has 0 aliphatic heterocycles. The van der Waals surface area contributed by atoms with Gasteiger partial charge in [0.15, 0.2) is 0 Å². The Labute approximate surface area is 127 Å². The van der Waals surface area contributed by atoms with E-state index in [9.17, 15) is 0 Å². The zero-order chi connectivity index (χ0) is 14.7. The van der Waals surface area contributed by atoms with Crippen LogP contribution in [0.4, 0.5) is 11.6 Å². The van der Waals surface area contributed by atoms with Gasteiger partial charge in [-0.3, -0.25) is 0 Å². The highest BCUT2D eigenvalue weighted by molar-refractivity contribution is 5.53. The lowest BCUT2D eigenvalue weighted by Crippen LogP contribution is -2.23. The van der Waals surface area contributed by atoms with Crippen LogP contribution in [0.3, 0.4) is 0 Å². The second-order valence-electron chi connectivity index (χ2n) is 6.12. The van der Waals surface area contributed by atoms with E-state index < -0.39 is 0 Å². The van der Waals surface area contributed by atoms with Crippen LogP contribution in [0.2, 0.25) is 0 Å². The summed E-state index contributed by atoms with van der Waals surface area (Å²) in [6.45, 7) is 4.40. The minimum Gasteiger partial charge on any atom is -0.326 e. The number of para-hydroxylation sites is 1. The molecule has 1 N–H and O–H groups in total. The molecule has 2 atom stereocenters. The molecule has 0 radical (unpaired) electrons. The fourth-order valence-electron chi connectivity index (χ4n) is 3.54. The third kappa shape index (κ3) is 3.12. The molecule has 3 heteroatoms. The number of anilines is 2. The summed E-state index contributed by atoms with van der Waals surface area (Å²) in [6, 6.07) is 10.9. The number of nitrogens with zero attached hydrogens (tertiary/aromatic N) is 2. The second-order valence-corrected chi connectivity index (χ2v) is 6.12.